The number of carbonyl (C=O) groups excluding carboxylic acids is 1. The third kappa shape index (κ3) is 3.03. The first-order chi connectivity index (χ1) is 9.61. The minimum absolute atomic E-state index is 0.0103. The first-order valence-corrected chi connectivity index (χ1v) is 6.24. The van der Waals surface area contributed by atoms with Crippen LogP contribution in [0.15, 0.2) is 36.5 Å². The Labute approximate surface area is 116 Å². The minimum Gasteiger partial charge on any atom is -0.477 e. The Bertz CT molecular complexity index is 634. The summed E-state index contributed by atoms with van der Waals surface area (Å²) >= 11 is 0. The number of carbonyl (C=O) groups is 2. The summed E-state index contributed by atoms with van der Waals surface area (Å²) in [6.45, 7) is 1.87. The Balaban J connectivity index is 2.09. The number of benzene rings is 1. The molecule has 104 valence electrons. The summed E-state index contributed by atoms with van der Waals surface area (Å²) < 4.78 is 1.16. The van der Waals surface area contributed by atoms with Crippen LogP contribution in [0.5, 0.6) is 0 Å². The van der Waals surface area contributed by atoms with Gasteiger partial charge in [0.05, 0.1) is 0 Å². The summed E-state index contributed by atoms with van der Waals surface area (Å²) in [6, 6.07) is 8.86. The van der Waals surface area contributed by atoms with E-state index in [2.05, 4.69) is 10.4 Å². The van der Waals surface area contributed by atoms with Crippen molar-refractivity contribution in [1.29, 1.82) is 0 Å². The summed E-state index contributed by atoms with van der Waals surface area (Å²) in [7, 11) is 0. The van der Waals surface area contributed by atoms with E-state index in [1.165, 1.54) is 12.3 Å². The van der Waals surface area contributed by atoms with Crippen molar-refractivity contribution in [2.24, 2.45) is 0 Å². The molecule has 0 saturated heterocycles. The number of hydrogen-bond donors (Lipinski definition) is 2. The summed E-state index contributed by atoms with van der Waals surface area (Å²) in [4.78, 5) is 22.9. The van der Waals surface area contributed by atoms with Crippen LogP contribution in [-0.2, 0) is 17.8 Å². The molecule has 0 saturated carbocycles. The Morgan fingerprint density at radius 3 is 2.75 bits per heavy atom. The zero-order valence-electron chi connectivity index (χ0n) is 11.0. The summed E-state index contributed by atoms with van der Waals surface area (Å²) in [5.74, 6) is -1.42. The van der Waals surface area contributed by atoms with Crippen molar-refractivity contribution in [3.05, 3.63) is 47.8 Å². The molecule has 1 aromatic heterocycles. The van der Waals surface area contributed by atoms with Gasteiger partial charge in [-0.3, -0.25) is 4.79 Å². The highest BCUT2D eigenvalue weighted by atomic mass is 16.4. The SMILES string of the molecule is CCc1ccccc1NC(=O)Cn1nccc1C(=O)O. The Kier molecular flexibility index (Phi) is 4.14. The Morgan fingerprint density at radius 2 is 2.05 bits per heavy atom. The zero-order valence-corrected chi connectivity index (χ0v) is 11.0. The number of hydrogen-bond acceptors (Lipinski definition) is 3. The van der Waals surface area contributed by atoms with Crippen LogP contribution in [-0.4, -0.2) is 26.8 Å². The number of amides is 1. The molecule has 1 amide bonds. The minimum atomic E-state index is -1.11. The third-order valence-electron chi connectivity index (χ3n) is 2.90. The third-order valence-corrected chi connectivity index (χ3v) is 2.90. The van der Waals surface area contributed by atoms with Gasteiger partial charge < -0.3 is 10.4 Å². The zero-order chi connectivity index (χ0) is 14.5. The lowest BCUT2D eigenvalue weighted by Crippen LogP contribution is -2.22. The number of aromatic carboxylic acids is 1. The van der Waals surface area contributed by atoms with E-state index in [1.807, 2.05) is 31.2 Å². The van der Waals surface area contributed by atoms with Gasteiger partial charge in [0.15, 0.2) is 0 Å². The maximum atomic E-state index is 12.0. The van der Waals surface area contributed by atoms with Crippen LogP contribution in [0.3, 0.4) is 0 Å². The second-order valence-electron chi connectivity index (χ2n) is 4.24. The standard InChI is InChI=1S/C14H15N3O3/c1-2-10-5-3-4-6-11(10)16-13(18)9-17-12(14(19)20)7-8-15-17/h3-8H,2,9H2,1H3,(H,16,18)(H,19,20). The first-order valence-electron chi connectivity index (χ1n) is 6.24. The van der Waals surface area contributed by atoms with Gasteiger partial charge in [-0.15, -0.1) is 0 Å². The molecule has 2 rings (SSSR count). The van der Waals surface area contributed by atoms with Crippen molar-refractivity contribution < 1.29 is 14.7 Å². The van der Waals surface area contributed by atoms with Crippen LogP contribution < -0.4 is 5.32 Å². The summed E-state index contributed by atoms with van der Waals surface area (Å²) in [5, 5.41) is 15.6. The molecule has 0 fully saturated rings. The predicted molar refractivity (Wildman–Crippen MR) is 73.6 cm³/mol. The van der Waals surface area contributed by atoms with Gasteiger partial charge in [0.2, 0.25) is 5.91 Å². The van der Waals surface area contributed by atoms with Crippen LogP contribution in [0.2, 0.25) is 0 Å². The molecule has 1 heterocycles. The second-order valence-corrected chi connectivity index (χ2v) is 4.24. The molecule has 6 nitrogen and oxygen atoms in total. The van der Waals surface area contributed by atoms with Crippen molar-refractivity contribution in [2.75, 3.05) is 5.32 Å². The second kappa shape index (κ2) is 6.01. The maximum Gasteiger partial charge on any atom is 0.354 e. The van der Waals surface area contributed by atoms with Gasteiger partial charge >= 0.3 is 5.97 Å². The number of anilines is 1. The Morgan fingerprint density at radius 1 is 1.30 bits per heavy atom. The van der Waals surface area contributed by atoms with E-state index in [0.29, 0.717) is 0 Å². The van der Waals surface area contributed by atoms with Gasteiger partial charge in [0, 0.05) is 11.9 Å². The topological polar surface area (TPSA) is 84.2 Å². The van der Waals surface area contributed by atoms with Crippen LogP contribution in [0, 0.1) is 0 Å². The summed E-state index contributed by atoms with van der Waals surface area (Å²) in [5.41, 5.74) is 1.76. The van der Waals surface area contributed by atoms with Crippen molar-refractivity contribution in [2.45, 2.75) is 19.9 Å². The monoisotopic (exact) mass is 273 g/mol. The molecule has 20 heavy (non-hydrogen) atoms. The lowest BCUT2D eigenvalue weighted by molar-refractivity contribution is -0.116. The summed E-state index contributed by atoms with van der Waals surface area (Å²) in [6.07, 6.45) is 2.16. The average Bonchev–Trinajstić information content (AvgIpc) is 2.87. The highest BCUT2D eigenvalue weighted by Gasteiger charge is 2.13. The van der Waals surface area contributed by atoms with E-state index >= 15 is 0 Å². The number of carboxylic acid groups (broad SMARTS) is 1. The molecular weight excluding hydrogens is 258 g/mol. The molecule has 0 aliphatic rings. The molecule has 0 atom stereocenters. The fourth-order valence-corrected chi connectivity index (χ4v) is 1.92. The number of aryl methyl sites for hydroxylation is 1. The van der Waals surface area contributed by atoms with Crippen molar-refractivity contribution in [3.8, 4) is 0 Å². The van der Waals surface area contributed by atoms with Gasteiger partial charge in [0.1, 0.15) is 12.2 Å². The maximum absolute atomic E-state index is 12.0. The van der Waals surface area contributed by atoms with E-state index < -0.39 is 5.97 Å². The van der Waals surface area contributed by atoms with E-state index in [9.17, 15) is 9.59 Å². The van der Waals surface area contributed by atoms with Crippen molar-refractivity contribution in [3.63, 3.8) is 0 Å². The molecule has 0 radical (unpaired) electrons. The molecule has 2 aromatic rings. The van der Waals surface area contributed by atoms with Gasteiger partial charge in [-0.25, -0.2) is 9.48 Å². The smallest absolute Gasteiger partial charge is 0.354 e. The number of para-hydroxylation sites is 1. The molecule has 0 aliphatic heterocycles. The molecule has 6 heteroatoms. The van der Waals surface area contributed by atoms with Gasteiger partial charge in [-0.05, 0) is 24.1 Å². The van der Waals surface area contributed by atoms with Crippen molar-refractivity contribution in [1.82, 2.24) is 9.78 Å². The molecule has 0 bridgehead atoms. The molecule has 2 N–H and O–H groups in total. The normalized spacial score (nSPS) is 10.2. The van der Waals surface area contributed by atoms with Gasteiger partial charge in [-0.2, -0.15) is 5.10 Å². The number of nitrogens with zero attached hydrogens (tertiary/aromatic N) is 2. The molecular formula is C14H15N3O3. The largest absolute Gasteiger partial charge is 0.477 e. The fraction of sp³-hybridized carbons (Fsp3) is 0.214. The lowest BCUT2D eigenvalue weighted by Gasteiger charge is -2.10. The van der Waals surface area contributed by atoms with Gasteiger partial charge in [0.25, 0.3) is 0 Å². The Hall–Kier alpha value is -2.63. The van der Waals surface area contributed by atoms with E-state index in [4.69, 9.17) is 5.11 Å². The van der Waals surface area contributed by atoms with Crippen molar-refractivity contribution >= 4 is 17.6 Å². The number of aromatic nitrogens is 2. The van der Waals surface area contributed by atoms with Crippen LogP contribution in [0.4, 0.5) is 5.69 Å². The average molecular weight is 273 g/mol. The lowest BCUT2D eigenvalue weighted by atomic mass is 10.1. The number of rotatable bonds is 5. The molecule has 0 unspecified atom stereocenters. The fourth-order valence-electron chi connectivity index (χ4n) is 1.92. The van der Waals surface area contributed by atoms with E-state index in [1.54, 1.807) is 0 Å². The first kappa shape index (κ1) is 13.8. The highest BCUT2D eigenvalue weighted by molar-refractivity contribution is 5.92. The molecule has 0 spiro atoms. The van der Waals surface area contributed by atoms with E-state index in [-0.39, 0.29) is 18.1 Å². The highest BCUT2D eigenvalue weighted by Crippen LogP contribution is 2.15. The quantitative estimate of drug-likeness (QED) is 0.869. The van der Waals surface area contributed by atoms with Crippen LogP contribution >= 0.6 is 0 Å². The van der Waals surface area contributed by atoms with Crippen LogP contribution in [0.1, 0.15) is 23.0 Å². The number of nitrogens with one attached hydrogen (secondary N) is 1. The number of carboxylic acids is 1. The van der Waals surface area contributed by atoms with E-state index in [0.717, 1.165) is 22.4 Å². The van der Waals surface area contributed by atoms with Crippen LogP contribution in [0.25, 0.3) is 0 Å². The van der Waals surface area contributed by atoms with Gasteiger partial charge in [-0.1, -0.05) is 25.1 Å². The molecule has 0 aliphatic carbocycles. The molecule has 1 aromatic carbocycles. The predicted octanol–water partition coefficient (Wildman–Crippen LogP) is 1.78.